The SMILES string of the molecule is CC1CN(C(C)C(=O)NCC(F)(F)F)c2ccccc21. The fraction of sp³-hybridized carbons (Fsp3) is 0.500. The van der Waals surface area contributed by atoms with Crippen molar-refractivity contribution in [2.45, 2.75) is 32.0 Å². The van der Waals surface area contributed by atoms with Gasteiger partial charge in [0.25, 0.3) is 0 Å². The van der Waals surface area contributed by atoms with Crippen LogP contribution in [0.1, 0.15) is 25.3 Å². The van der Waals surface area contributed by atoms with Gasteiger partial charge in [-0.05, 0) is 18.6 Å². The molecule has 0 fully saturated rings. The lowest BCUT2D eigenvalue weighted by Crippen LogP contribution is -2.47. The van der Waals surface area contributed by atoms with Gasteiger partial charge in [0.2, 0.25) is 5.91 Å². The highest BCUT2D eigenvalue weighted by molar-refractivity contribution is 5.86. The number of carbonyl (C=O) groups excluding carboxylic acids is 1. The number of halogens is 3. The van der Waals surface area contributed by atoms with Gasteiger partial charge in [0.15, 0.2) is 0 Å². The van der Waals surface area contributed by atoms with Crippen molar-refractivity contribution in [3.8, 4) is 0 Å². The molecule has 1 aliphatic heterocycles. The Morgan fingerprint density at radius 3 is 2.75 bits per heavy atom. The monoisotopic (exact) mass is 286 g/mol. The molecule has 20 heavy (non-hydrogen) atoms. The maximum absolute atomic E-state index is 12.1. The van der Waals surface area contributed by atoms with Gasteiger partial charge in [-0.1, -0.05) is 25.1 Å². The smallest absolute Gasteiger partial charge is 0.359 e. The molecule has 0 aliphatic carbocycles. The van der Waals surface area contributed by atoms with E-state index in [1.54, 1.807) is 6.92 Å². The van der Waals surface area contributed by atoms with E-state index in [9.17, 15) is 18.0 Å². The van der Waals surface area contributed by atoms with Crippen LogP contribution in [0.3, 0.4) is 0 Å². The summed E-state index contributed by atoms with van der Waals surface area (Å²) in [5.74, 6) is -0.338. The Balaban J connectivity index is 2.07. The van der Waals surface area contributed by atoms with E-state index < -0.39 is 24.7 Å². The van der Waals surface area contributed by atoms with Crippen LogP contribution in [0.4, 0.5) is 18.9 Å². The molecule has 0 bridgehead atoms. The summed E-state index contributed by atoms with van der Waals surface area (Å²) in [5.41, 5.74) is 2.05. The van der Waals surface area contributed by atoms with Crippen LogP contribution in [0.25, 0.3) is 0 Å². The van der Waals surface area contributed by atoms with Crippen molar-refractivity contribution in [1.82, 2.24) is 5.32 Å². The van der Waals surface area contributed by atoms with Crippen molar-refractivity contribution in [1.29, 1.82) is 0 Å². The van der Waals surface area contributed by atoms with Crippen LogP contribution >= 0.6 is 0 Å². The van der Waals surface area contributed by atoms with Gasteiger partial charge in [0, 0.05) is 18.2 Å². The van der Waals surface area contributed by atoms with Crippen LogP contribution in [-0.4, -0.2) is 31.2 Å². The first kappa shape index (κ1) is 14.7. The molecule has 3 nitrogen and oxygen atoms in total. The predicted octanol–water partition coefficient (Wildman–Crippen LogP) is 2.68. The first-order chi connectivity index (χ1) is 9.29. The first-order valence-corrected chi connectivity index (χ1v) is 6.49. The number of nitrogens with zero attached hydrogens (tertiary/aromatic N) is 1. The van der Waals surface area contributed by atoms with E-state index in [0.29, 0.717) is 6.54 Å². The fourth-order valence-corrected chi connectivity index (χ4v) is 2.50. The third kappa shape index (κ3) is 3.05. The summed E-state index contributed by atoms with van der Waals surface area (Å²) in [6.45, 7) is 3.01. The molecule has 1 aliphatic rings. The van der Waals surface area contributed by atoms with E-state index in [2.05, 4.69) is 0 Å². The number of alkyl halides is 3. The molecule has 0 saturated heterocycles. The third-order valence-corrected chi connectivity index (χ3v) is 3.56. The van der Waals surface area contributed by atoms with Crippen LogP contribution in [-0.2, 0) is 4.79 Å². The van der Waals surface area contributed by atoms with E-state index >= 15 is 0 Å². The number of hydrogen-bond donors (Lipinski definition) is 1. The normalized spacial score (nSPS) is 19.6. The number of amides is 1. The highest BCUT2D eigenvalue weighted by atomic mass is 19.4. The topological polar surface area (TPSA) is 32.3 Å². The van der Waals surface area contributed by atoms with Crippen molar-refractivity contribution in [2.24, 2.45) is 0 Å². The Morgan fingerprint density at radius 1 is 1.45 bits per heavy atom. The zero-order chi connectivity index (χ0) is 14.9. The van der Waals surface area contributed by atoms with Gasteiger partial charge in [-0.25, -0.2) is 0 Å². The van der Waals surface area contributed by atoms with Gasteiger partial charge in [-0.3, -0.25) is 4.79 Å². The Morgan fingerprint density at radius 2 is 2.10 bits per heavy atom. The maximum Gasteiger partial charge on any atom is 0.405 e. The molecule has 1 heterocycles. The number of benzene rings is 1. The average Bonchev–Trinajstić information content (AvgIpc) is 2.72. The number of rotatable bonds is 3. The van der Waals surface area contributed by atoms with Gasteiger partial charge >= 0.3 is 6.18 Å². The number of carbonyl (C=O) groups is 1. The zero-order valence-electron chi connectivity index (χ0n) is 11.4. The van der Waals surface area contributed by atoms with Crippen molar-refractivity contribution < 1.29 is 18.0 Å². The largest absolute Gasteiger partial charge is 0.405 e. The van der Waals surface area contributed by atoms with Crippen LogP contribution < -0.4 is 10.2 Å². The second-order valence-corrected chi connectivity index (χ2v) is 5.12. The lowest BCUT2D eigenvalue weighted by atomic mass is 10.0. The number of nitrogens with one attached hydrogen (secondary N) is 1. The molecular formula is C14H17F3N2O. The Kier molecular flexibility index (Phi) is 3.92. The molecule has 6 heteroatoms. The molecule has 1 N–H and O–H groups in total. The Bertz CT molecular complexity index is 501. The second kappa shape index (κ2) is 5.34. The van der Waals surface area contributed by atoms with E-state index in [1.165, 1.54) is 0 Å². The second-order valence-electron chi connectivity index (χ2n) is 5.12. The molecule has 0 radical (unpaired) electrons. The number of hydrogen-bond acceptors (Lipinski definition) is 2. The molecule has 2 rings (SSSR count). The lowest BCUT2D eigenvalue weighted by molar-refractivity contribution is -0.138. The number of anilines is 1. The molecule has 1 amide bonds. The summed E-state index contributed by atoms with van der Waals surface area (Å²) in [7, 11) is 0. The van der Waals surface area contributed by atoms with Gasteiger partial charge in [-0.2, -0.15) is 13.2 Å². The van der Waals surface area contributed by atoms with Crippen LogP contribution in [0.2, 0.25) is 0 Å². The van der Waals surface area contributed by atoms with Gasteiger partial charge < -0.3 is 10.2 Å². The zero-order valence-corrected chi connectivity index (χ0v) is 11.4. The fourth-order valence-electron chi connectivity index (χ4n) is 2.50. The standard InChI is InChI=1S/C14H17F3N2O/c1-9-7-19(12-6-4-3-5-11(9)12)10(2)13(20)18-8-14(15,16)17/h3-6,9-10H,7-8H2,1-2H3,(H,18,20). The van der Waals surface area contributed by atoms with Gasteiger partial charge in [-0.15, -0.1) is 0 Å². The summed E-state index contributed by atoms with van der Waals surface area (Å²) < 4.78 is 36.4. The molecule has 0 aromatic heterocycles. The summed E-state index contributed by atoms with van der Waals surface area (Å²) >= 11 is 0. The number of fused-ring (bicyclic) bond motifs is 1. The third-order valence-electron chi connectivity index (χ3n) is 3.56. The molecule has 2 atom stereocenters. The molecule has 1 aromatic carbocycles. The van der Waals surface area contributed by atoms with Crippen LogP contribution in [0.5, 0.6) is 0 Å². The van der Waals surface area contributed by atoms with Crippen molar-refractivity contribution in [3.05, 3.63) is 29.8 Å². The summed E-state index contributed by atoms with van der Waals surface area (Å²) in [6, 6.07) is 7.05. The highest BCUT2D eigenvalue weighted by Gasteiger charge is 2.33. The Labute approximate surface area is 115 Å². The molecule has 0 spiro atoms. The van der Waals surface area contributed by atoms with Gasteiger partial charge in [0.05, 0.1) is 0 Å². The molecule has 110 valence electrons. The van der Waals surface area contributed by atoms with Crippen LogP contribution in [0.15, 0.2) is 24.3 Å². The van der Waals surface area contributed by atoms with Crippen molar-refractivity contribution >= 4 is 11.6 Å². The van der Waals surface area contributed by atoms with Crippen LogP contribution in [0, 0.1) is 0 Å². The molecule has 0 saturated carbocycles. The van der Waals surface area contributed by atoms with E-state index in [-0.39, 0.29) is 5.92 Å². The predicted molar refractivity (Wildman–Crippen MR) is 70.7 cm³/mol. The minimum atomic E-state index is -4.38. The van der Waals surface area contributed by atoms with E-state index in [0.717, 1.165) is 11.3 Å². The van der Waals surface area contributed by atoms with Gasteiger partial charge in [0.1, 0.15) is 12.6 Å². The maximum atomic E-state index is 12.1. The minimum absolute atomic E-state index is 0.268. The first-order valence-electron chi connectivity index (χ1n) is 6.49. The lowest BCUT2D eigenvalue weighted by Gasteiger charge is -2.26. The highest BCUT2D eigenvalue weighted by Crippen LogP contribution is 2.36. The summed E-state index contributed by atoms with van der Waals surface area (Å²) in [4.78, 5) is 13.7. The summed E-state index contributed by atoms with van der Waals surface area (Å²) in [6.07, 6.45) is -4.38. The Hall–Kier alpha value is -1.72. The molecular weight excluding hydrogens is 269 g/mol. The molecule has 2 unspecified atom stereocenters. The number of para-hydroxylation sites is 1. The quantitative estimate of drug-likeness (QED) is 0.926. The van der Waals surface area contributed by atoms with Crippen molar-refractivity contribution in [2.75, 3.05) is 18.0 Å². The van der Waals surface area contributed by atoms with E-state index in [1.807, 2.05) is 41.4 Å². The van der Waals surface area contributed by atoms with E-state index in [4.69, 9.17) is 0 Å². The average molecular weight is 286 g/mol. The van der Waals surface area contributed by atoms with Crippen molar-refractivity contribution in [3.63, 3.8) is 0 Å². The summed E-state index contributed by atoms with van der Waals surface area (Å²) in [5, 5.41) is 1.94. The minimum Gasteiger partial charge on any atom is -0.359 e. The molecule has 1 aromatic rings.